The van der Waals surface area contributed by atoms with E-state index in [1.807, 2.05) is 0 Å². The molecule has 2 unspecified atom stereocenters. The largest absolute Gasteiger partial charge is 0.393 e. The molecule has 0 saturated carbocycles. The molecule has 3 aliphatic heterocycles. The zero-order valence-electron chi connectivity index (χ0n) is 5.54. The van der Waals surface area contributed by atoms with Crippen molar-refractivity contribution in [1.82, 2.24) is 10.2 Å². The summed E-state index contributed by atoms with van der Waals surface area (Å²) in [6.07, 6.45) is 2.65. The number of nitrogens with one attached hydrogen (secondary N) is 1. The Morgan fingerprint density at radius 1 is 1.44 bits per heavy atom. The lowest BCUT2D eigenvalue weighted by molar-refractivity contribution is -0.0965. The number of rotatable bonds is 0. The van der Waals surface area contributed by atoms with E-state index in [1.165, 1.54) is 0 Å². The van der Waals surface area contributed by atoms with Crippen LogP contribution in [0.2, 0.25) is 0 Å². The van der Waals surface area contributed by atoms with Crippen LogP contribution in [0, 0.1) is 0 Å². The summed E-state index contributed by atoms with van der Waals surface area (Å²) >= 11 is 0. The van der Waals surface area contributed by atoms with Gasteiger partial charge in [0.15, 0.2) is 0 Å². The maximum absolute atomic E-state index is 9.16. The van der Waals surface area contributed by atoms with E-state index in [0.717, 1.165) is 12.8 Å². The molecule has 3 saturated heterocycles. The summed E-state index contributed by atoms with van der Waals surface area (Å²) in [4.78, 5) is 2.27. The monoisotopic (exact) mass is 128 g/mol. The van der Waals surface area contributed by atoms with E-state index in [2.05, 4.69) is 17.3 Å². The van der Waals surface area contributed by atoms with Gasteiger partial charge in [-0.25, -0.2) is 0 Å². The van der Waals surface area contributed by atoms with E-state index in [4.69, 9.17) is 5.11 Å². The van der Waals surface area contributed by atoms with Crippen LogP contribution in [-0.2, 0) is 0 Å². The van der Waals surface area contributed by atoms with Gasteiger partial charge in [-0.3, -0.25) is 10.2 Å². The van der Waals surface area contributed by atoms with Gasteiger partial charge in [0.25, 0.3) is 0 Å². The van der Waals surface area contributed by atoms with Crippen LogP contribution >= 0.6 is 0 Å². The van der Waals surface area contributed by atoms with Gasteiger partial charge in [0.2, 0.25) is 0 Å². The van der Waals surface area contributed by atoms with Gasteiger partial charge in [-0.2, -0.15) is 0 Å². The van der Waals surface area contributed by atoms with Gasteiger partial charge in [-0.1, -0.05) is 0 Å². The maximum atomic E-state index is 9.16. The highest BCUT2D eigenvalue weighted by Crippen LogP contribution is 2.26. The van der Waals surface area contributed by atoms with Gasteiger partial charge in [0, 0.05) is 12.8 Å². The second-order valence-corrected chi connectivity index (χ2v) is 2.99. The zero-order chi connectivity index (χ0) is 6.43. The molecular formula is C6H12N2O. The number of piperidine rings is 2. The highest BCUT2D eigenvalue weighted by Gasteiger charge is 2.41. The smallest absolute Gasteiger partial charge is 0.0644 e. The number of hydrogen-bond donors (Lipinski definition) is 2. The van der Waals surface area contributed by atoms with Gasteiger partial charge in [-0.05, 0) is 7.05 Å². The number of fused-ring (bicyclic) bond motifs is 2. The van der Waals surface area contributed by atoms with Crippen LogP contribution in [0.1, 0.15) is 12.8 Å². The Morgan fingerprint density at radius 3 is 2.33 bits per heavy atom. The van der Waals surface area contributed by atoms with Gasteiger partial charge >= 0.3 is 0 Å². The van der Waals surface area contributed by atoms with Gasteiger partial charge in [-0.15, -0.1) is 0 Å². The van der Waals surface area contributed by atoms with Gasteiger partial charge in [0.1, 0.15) is 0 Å². The Bertz CT molecular complexity index is 116. The molecule has 0 amide bonds. The SMILES string of the molecule is CN1C2CC(O)CC1N2. The second-order valence-electron chi connectivity index (χ2n) is 2.99. The Morgan fingerprint density at radius 2 is 2.00 bits per heavy atom. The molecule has 0 aromatic carbocycles. The lowest BCUT2D eigenvalue weighted by Gasteiger charge is -2.53. The lowest BCUT2D eigenvalue weighted by Crippen LogP contribution is -2.72. The van der Waals surface area contributed by atoms with Crippen LogP contribution in [0.25, 0.3) is 0 Å². The average molecular weight is 128 g/mol. The van der Waals surface area contributed by atoms with Gasteiger partial charge < -0.3 is 5.11 Å². The summed E-state index contributed by atoms with van der Waals surface area (Å²) in [6, 6.07) is 0. The molecule has 3 nitrogen and oxygen atoms in total. The van der Waals surface area contributed by atoms with E-state index in [-0.39, 0.29) is 6.10 Å². The van der Waals surface area contributed by atoms with Crippen molar-refractivity contribution in [3.05, 3.63) is 0 Å². The molecule has 0 spiro atoms. The molecule has 52 valence electrons. The molecule has 3 rings (SSSR count). The van der Waals surface area contributed by atoms with E-state index in [9.17, 15) is 0 Å². The van der Waals surface area contributed by atoms with E-state index < -0.39 is 0 Å². The topological polar surface area (TPSA) is 35.5 Å². The van der Waals surface area contributed by atoms with Crippen LogP contribution in [-0.4, -0.2) is 35.5 Å². The third-order valence-corrected chi connectivity index (χ3v) is 2.36. The summed E-state index contributed by atoms with van der Waals surface area (Å²) < 4.78 is 0. The van der Waals surface area contributed by atoms with Crippen LogP contribution in [0.4, 0.5) is 0 Å². The summed E-state index contributed by atoms with van der Waals surface area (Å²) in [5.74, 6) is 0. The summed E-state index contributed by atoms with van der Waals surface area (Å²) in [5.41, 5.74) is 0. The molecule has 0 aromatic heterocycles. The first kappa shape index (κ1) is 5.65. The highest BCUT2D eigenvalue weighted by atomic mass is 16.3. The van der Waals surface area contributed by atoms with Crippen molar-refractivity contribution in [2.45, 2.75) is 31.3 Å². The summed E-state index contributed by atoms with van der Waals surface area (Å²) in [5, 5.41) is 12.5. The predicted octanol–water partition coefficient (Wildman–Crippen LogP) is -0.672. The minimum Gasteiger partial charge on any atom is -0.393 e. The first-order valence-electron chi connectivity index (χ1n) is 3.43. The molecule has 3 heteroatoms. The van der Waals surface area contributed by atoms with Crippen molar-refractivity contribution in [2.24, 2.45) is 0 Å². The molecule has 3 heterocycles. The standard InChI is InChI=1S/C6H12N2O/c1-8-5-2-4(9)3-6(8)7-5/h4-7,9H,2-3H2,1H3. The summed E-state index contributed by atoms with van der Waals surface area (Å²) in [6.45, 7) is 0. The molecule has 0 aliphatic carbocycles. The van der Waals surface area contributed by atoms with Crippen LogP contribution in [0.3, 0.4) is 0 Å². The average Bonchev–Trinajstić information content (AvgIpc) is 1.87. The third-order valence-electron chi connectivity index (χ3n) is 2.36. The lowest BCUT2D eigenvalue weighted by atomic mass is 9.96. The molecule has 0 radical (unpaired) electrons. The molecule has 0 aromatic rings. The van der Waals surface area contributed by atoms with E-state index in [0.29, 0.717) is 12.3 Å². The Kier molecular flexibility index (Phi) is 1.06. The first-order valence-corrected chi connectivity index (χ1v) is 3.43. The minimum absolute atomic E-state index is 0.0579. The molecular weight excluding hydrogens is 116 g/mol. The molecule has 3 fully saturated rings. The second kappa shape index (κ2) is 1.68. The molecule has 9 heavy (non-hydrogen) atoms. The van der Waals surface area contributed by atoms with Gasteiger partial charge in [0.05, 0.1) is 18.4 Å². The van der Waals surface area contributed by atoms with Crippen LogP contribution in [0.5, 0.6) is 0 Å². The van der Waals surface area contributed by atoms with Crippen molar-refractivity contribution < 1.29 is 5.11 Å². The number of aliphatic hydroxyl groups is 1. The fraction of sp³-hybridized carbons (Fsp3) is 1.00. The molecule has 3 aliphatic rings. The zero-order valence-corrected chi connectivity index (χ0v) is 5.54. The Hall–Kier alpha value is -0.120. The first-order chi connectivity index (χ1) is 4.27. The third kappa shape index (κ3) is 0.689. The number of nitrogens with zero attached hydrogens (tertiary/aromatic N) is 1. The quantitative estimate of drug-likeness (QED) is 0.454. The minimum atomic E-state index is -0.0579. The van der Waals surface area contributed by atoms with Crippen LogP contribution in [0.15, 0.2) is 0 Å². The molecule has 2 atom stereocenters. The van der Waals surface area contributed by atoms with E-state index in [1.54, 1.807) is 0 Å². The fourth-order valence-electron chi connectivity index (χ4n) is 1.67. The summed E-state index contributed by atoms with van der Waals surface area (Å²) in [7, 11) is 2.09. The van der Waals surface area contributed by atoms with Crippen molar-refractivity contribution in [3.63, 3.8) is 0 Å². The maximum Gasteiger partial charge on any atom is 0.0644 e. The van der Waals surface area contributed by atoms with Crippen LogP contribution < -0.4 is 5.32 Å². The molecule has 2 bridgehead atoms. The normalized spacial score (nSPS) is 50.7. The fourth-order valence-corrected chi connectivity index (χ4v) is 1.67. The Balaban J connectivity index is 2.01. The van der Waals surface area contributed by atoms with E-state index >= 15 is 0 Å². The molecule has 2 N–H and O–H groups in total. The number of aliphatic hydroxyl groups excluding tert-OH is 1. The predicted molar refractivity (Wildman–Crippen MR) is 33.7 cm³/mol. The number of hydrogen-bond acceptors (Lipinski definition) is 3. The Labute approximate surface area is 54.7 Å². The van der Waals surface area contributed by atoms with Crippen molar-refractivity contribution >= 4 is 0 Å². The van der Waals surface area contributed by atoms with Crippen molar-refractivity contribution in [3.8, 4) is 0 Å². The van der Waals surface area contributed by atoms with Crippen molar-refractivity contribution in [1.29, 1.82) is 0 Å². The highest BCUT2D eigenvalue weighted by molar-refractivity contribution is 4.93. The van der Waals surface area contributed by atoms with Crippen molar-refractivity contribution in [2.75, 3.05) is 7.05 Å².